The Morgan fingerprint density at radius 3 is 3.08 bits per heavy atom. The highest BCUT2D eigenvalue weighted by Crippen LogP contribution is 2.19. The topological polar surface area (TPSA) is 52.4 Å². The Morgan fingerprint density at radius 1 is 1.24 bits per heavy atom. The summed E-state index contributed by atoms with van der Waals surface area (Å²) >= 11 is 0. The molecule has 1 aromatic carbocycles. The van der Waals surface area contributed by atoms with Crippen molar-refractivity contribution in [2.75, 3.05) is 19.7 Å². The minimum Gasteiger partial charge on any atom is -0.372 e. The van der Waals surface area contributed by atoms with Crippen molar-refractivity contribution in [2.24, 2.45) is 0 Å². The molecule has 0 unspecified atom stereocenters. The van der Waals surface area contributed by atoms with E-state index in [1.807, 2.05) is 6.07 Å². The summed E-state index contributed by atoms with van der Waals surface area (Å²) < 4.78 is 27.3. The third-order valence-corrected chi connectivity index (χ3v) is 4.85. The molecule has 0 saturated carbocycles. The number of nitrogens with zero attached hydrogens (tertiary/aromatic N) is 4. The zero-order chi connectivity index (χ0) is 17.1. The van der Waals surface area contributed by atoms with Crippen LogP contribution < -0.4 is 0 Å². The first-order valence-corrected chi connectivity index (χ1v) is 8.85. The molecule has 4 rings (SSSR count). The van der Waals surface area contributed by atoms with Crippen molar-refractivity contribution in [3.05, 3.63) is 47.3 Å². The first kappa shape index (κ1) is 16.6. The molecule has 0 spiro atoms. The zero-order valence-corrected chi connectivity index (χ0v) is 14.2. The highest BCUT2D eigenvalue weighted by Gasteiger charge is 2.24. The number of halogens is 1. The summed E-state index contributed by atoms with van der Waals surface area (Å²) in [5, 5.41) is 8.54. The van der Waals surface area contributed by atoms with Gasteiger partial charge < -0.3 is 14.0 Å². The van der Waals surface area contributed by atoms with Gasteiger partial charge in [-0.1, -0.05) is 18.2 Å². The lowest BCUT2D eigenvalue weighted by Crippen LogP contribution is -2.39. The maximum atomic E-state index is 13.7. The van der Waals surface area contributed by atoms with Gasteiger partial charge in [-0.15, -0.1) is 10.2 Å². The smallest absolute Gasteiger partial charge is 0.159 e. The Bertz CT molecular complexity index is 721. The molecule has 1 atom stereocenters. The van der Waals surface area contributed by atoms with E-state index in [1.54, 1.807) is 12.1 Å². The number of hydrogen-bond acceptors (Lipinski definition) is 5. The normalized spacial score (nSPS) is 21.2. The van der Waals surface area contributed by atoms with Crippen LogP contribution >= 0.6 is 0 Å². The number of rotatable bonds is 5. The summed E-state index contributed by atoms with van der Waals surface area (Å²) in [5.41, 5.74) is 0.617. The molecule has 2 aliphatic heterocycles. The third-order valence-electron chi connectivity index (χ3n) is 4.85. The molecule has 0 bridgehead atoms. The highest BCUT2D eigenvalue weighted by molar-refractivity contribution is 5.16. The molecule has 25 heavy (non-hydrogen) atoms. The number of ether oxygens (including phenoxy) is 2. The van der Waals surface area contributed by atoms with Crippen molar-refractivity contribution in [1.29, 1.82) is 0 Å². The first-order valence-electron chi connectivity index (χ1n) is 8.85. The summed E-state index contributed by atoms with van der Waals surface area (Å²) in [7, 11) is 0. The van der Waals surface area contributed by atoms with Gasteiger partial charge in [-0.05, 0) is 25.5 Å². The average molecular weight is 346 g/mol. The van der Waals surface area contributed by atoms with E-state index in [1.165, 1.54) is 6.07 Å². The Kier molecular flexibility index (Phi) is 5.05. The number of likely N-dealkylation sites (tertiary alicyclic amines) is 1. The van der Waals surface area contributed by atoms with E-state index in [4.69, 9.17) is 9.47 Å². The first-order chi connectivity index (χ1) is 12.3. The van der Waals surface area contributed by atoms with E-state index in [2.05, 4.69) is 19.7 Å². The van der Waals surface area contributed by atoms with E-state index in [-0.39, 0.29) is 11.9 Å². The summed E-state index contributed by atoms with van der Waals surface area (Å²) in [6.07, 6.45) is 2.21. The zero-order valence-electron chi connectivity index (χ0n) is 14.2. The summed E-state index contributed by atoms with van der Waals surface area (Å²) in [6.45, 7) is 5.04. The Morgan fingerprint density at radius 2 is 2.16 bits per heavy atom. The van der Waals surface area contributed by atoms with Crippen molar-refractivity contribution >= 4 is 0 Å². The molecule has 7 heteroatoms. The molecule has 2 aromatic rings. The lowest BCUT2D eigenvalue weighted by atomic mass is 10.1. The van der Waals surface area contributed by atoms with Crippen LogP contribution in [0.25, 0.3) is 0 Å². The van der Waals surface area contributed by atoms with Gasteiger partial charge in [0.25, 0.3) is 0 Å². The van der Waals surface area contributed by atoms with Gasteiger partial charge in [-0.2, -0.15) is 0 Å². The van der Waals surface area contributed by atoms with Crippen molar-refractivity contribution < 1.29 is 13.9 Å². The van der Waals surface area contributed by atoms with Gasteiger partial charge in [-0.25, -0.2) is 4.39 Å². The van der Waals surface area contributed by atoms with E-state index >= 15 is 0 Å². The van der Waals surface area contributed by atoms with Gasteiger partial charge in [0.15, 0.2) is 5.82 Å². The fourth-order valence-corrected chi connectivity index (χ4v) is 3.49. The molecule has 0 radical (unpaired) electrons. The van der Waals surface area contributed by atoms with Crippen LogP contribution in [0.15, 0.2) is 24.3 Å². The van der Waals surface area contributed by atoms with E-state index in [0.29, 0.717) is 25.4 Å². The van der Waals surface area contributed by atoms with Gasteiger partial charge in [0.05, 0.1) is 25.9 Å². The third kappa shape index (κ3) is 3.89. The van der Waals surface area contributed by atoms with Crippen LogP contribution in [0.4, 0.5) is 4.39 Å². The second-order valence-corrected chi connectivity index (χ2v) is 6.64. The van der Waals surface area contributed by atoms with Crippen LogP contribution in [0.3, 0.4) is 0 Å². The van der Waals surface area contributed by atoms with Crippen LogP contribution in [-0.4, -0.2) is 45.5 Å². The molecule has 0 aliphatic carbocycles. The van der Waals surface area contributed by atoms with Crippen molar-refractivity contribution in [1.82, 2.24) is 19.7 Å². The summed E-state index contributed by atoms with van der Waals surface area (Å²) in [5.74, 6) is 1.70. The van der Waals surface area contributed by atoms with Crippen LogP contribution in [-0.2, 0) is 35.8 Å². The standard InChI is InChI=1S/C18H23FN4O2/c19-16-6-2-1-4-14(16)12-25-15-5-3-7-22(10-15)11-17-20-21-18-13-24-9-8-23(17)18/h1-2,4,6,15H,3,5,7-13H2/t15-/m0/s1. The predicted molar refractivity (Wildman–Crippen MR) is 89.2 cm³/mol. The molecule has 2 aliphatic rings. The lowest BCUT2D eigenvalue weighted by Gasteiger charge is -2.32. The minimum absolute atomic E-state index is 0.125. The molecule has 6 nitrogen and oxygen atoms in total. The summed E-state index contributed by atoms with van der Waals surface area (Å²) in [6, 6.07) is 6.79. The fourth-order valence-electron chi connectivity index (χ4n) is 3.49. The van der Waals surface area contributed by atoms with Gasteiger partial charge in [0.1, 0.15) is 18.2 Å². The number of piperidine rings is 1. The van der Waals surface area contributed by atoms with Crippen LogP contribution in [0.5, 0.6) is 0 Å². The minimum atomic E-state index is -0.201. The molecule has 1 aromatic heterocycles. The Hall–Kier alpha value is -1.83. The van der Waals surface area contributed by atoms with Crippen molar-refractivity contribution in [3.8, 4) is 0 Å². The lowest BCUT2D eigenvalue weighted by molar-refractivity contribution is -0.0140. The van der Waals surface area contributed by atoms with Crippen molar-refractivity contribution in [2.45, 2.75) is 45.2 Å². The second kappa shape index (κ2) is 7.59. The van der Waals surface area contributed by atoms with E-state index in [0.717, 1.165) is 50.7 Å². The second-order valence-electron chi connectivity index (χ2n) is 6.64. The molecule has 134 valence electrons. The molecule has 0 amide bonds. The fraction of sp³-hybridized carbons (Fsp3) is 0.556. The van der Waals surface area contributed by atoms with Gasteiger partial charge in [0, 0.05) is 18.7 Å². The summed E-state index contributed by atoms with van der Waals surface area (Å²) in [4.78, 5) is 2.35. The number of fused-ring (bicyclic) bond motifs is 1. The molecular formula is C18H23FN4O2. The largest absolute Gasteiger partial charge is 0.372 e. The van der Waals surface area contributed by atoms with Crippen LogP contribution in [0.1, 0.15) is 30.1 Å². The number of hydrogen-bond donors (Lipinski definition) is 0. The van der Waals surface area contributed by atoms with E-state index in [9.17, 15) is 4.39 Å². The quantitative estimate of drug-likeness (QED) is 0.830. The molecule has 0 N–H and O–H groups in total. The molecule has 3 heterocycles. The average Bonchev–Trinajstić information content (AvgIpc) is 3.05. The maximum Gasteiger partial charge on any atom is 0.159 e. The van der Waals surface area contributed by atoms with Crippen LogP contribution in [0.2, 0.25) is 0 Å². The van der Waals surface area contributed by atoms with E-state index < -0.39 is 0 Å². The monoisotopic (exact) mass is 346 g/mol. The molecule has 1 saturated heterocycles. The maximum absolute atomic E-state index is 13.7. The van der Waals surface area contributed by atoms with Crippen molar-refractivity contribution in [3.63, 3.8) is 0 Å². The number of aromatic nitrogens is 3. The van der Waals surface area contributed by atoms with Gasteiger partial charge in [-0.3, -0.25) is 4.90 Å². The SMILES string of the molecule is Fc1ccccc1CO[C@H]1CCCN(Cc2nnc3n2CCOC3)C1. The predicted octanol–water partition coefficient (Wildman–Crippen LogP) is 2.13. The van der Waals surface area contributed by atoms with Gasteiger partial charge in [0.2, 0.25) is 0 Å². The van der Waals surface area contributed by atoms with Crippen LogP contribution in [0, 0.1) is 5.82 Å². The number of benzene rings is 1. The molecular weight excluding hydrogens is 323 g/mol. The Labute approximate surface area is 146 Å². The Balaban J connectivity index is 1.33. The molecule has 1 fully saturated rings. The van der Waals surface area contributed by atoms with Gasteiger partial charge >= 0.3 is 0 Å². The highest BCUT2D eigenvalue weighted by atomic mass is 19.1.